The molecule has 2 aromatic rings. The number of aryl methyl sites for hydroxylation is 1. The number of rotatable bonds is 6. The van der Waals surface area contributed by atoms with Crippen molar-refractivity contribution in [3.8, 4) is 5.88 Å². The van der Waals surface area contributed by atoms with Gasteiger partial charge in [0.1, 0.15) is 22.7 Å². The van der Waals surface area contributed by atoms with Gasteiger partial charge < -0.3 is 14.8 Å². The molecule has 0 radical (unpaired) electrons. The van der Waals surface area contributed by atoms with Crippen LogP contribution in [0.3, 0.4) is 0 Å². The number of halogens is 4. The summed E-state index contributed by atoms with van der Waals surface area (Å²) in [4.78, 5) is 7.44. The molecule has 0 saturated carbocycles. The molecule has 0 spiro atoms. The minimum atomic E-state index is -4.73. The predicted octanol–water partition coefficient (Wildman–Crippen LogP) is 1.61. The second kappa shape index (κ2) is 9.02. The molecule has 2 aliphatic heterocycles. The number of ether oxygens (including phenoxy) is 2. The smallest absolute Gasteiger partial charge is 0.423 e. The van der Waals surface area contributed by atoms with E-state index in [0.717, 1.165) is 4.31 Å². The molecule has 0 bridgehead atoms. The molecule has 4 heterocycles. The lowest BCUT2D eigenvalue weighted by Crippen LogP contribution is -2.50. The first kappa shape index (κ1) is 23.6. The van der Waals surface area contributed by atoms with Crippen molar-refractivity contribution in [2.24, 2.45) is 7.05 Å². The highest BCUT2D eigenvalue weighted by molar-refractivity contribution is 7.89. The van der Waals surface area contributed by atoms with E-state index in [-0.39, 0.29) is 30.4 Å². The lowest BCUT2D eigenvalue weighted by molar-refractivity contribution is -0.139. The zero-order valence-electron chi connectivity index (χ0n) is 17.5. The lowest BCUT2D eigenvalue weighted by atomic mass is 10.1. The fourth-order valence-electron chi connectivity index (χ4n) is 3.59. The molecule has 10 nitrogen and oxygen atoms in total. The third-order valence-electron chi connectivity index (χ3n) is 5.36. The Morgan fingerprint density at radius 1 is 1.27 bits per heavy atom. The van der Waals surface area contributed by atoms with Crippen LogP contribution < -0.4 is 10.1 Å². The topological polar surface area (TPSA) is 111 Å². The molecule has 15 heteroatoms. The van der Waals surface area contributed by atoms with Gasteiger partial charge in [-0.3, -0.25) is 4.68 Å². The van der Waals surface area contributed by atoms with Crippen molar-refractivity contribution < 1.29 is 35.5 Å². The van der Waals surface area contributed by atoms with Crippen LogP contribution in [0.1, 0.15) is 18.4 Å². The van der Waals surface area contributed by atoms with Gasteiger partial charge in [-0.2, -0.15) is 27.6 Å². The maximum Gasteiger partial charge on any atom is 0.423 e. The van der Waals surface area contributed by atoms with Crippen LogP contribution in [-0.4, -0.2) is 77.1 Å². The van der Waals surface area contributed by atoms with Gasteiger partial charge >= 0.3 is 6.18 Å². The number of anilines is 1. The molecule has 2 aromatic heterocycles. The van der Waals surface area contributed by atoms with Crippen molar-refractivity contribution in [3.63, 3.8) is 0 Å². The minimum Gasteiger partial charge on any atom is -0.471 e. The van der Waals surface area contributed by atoms with Crippen LogP contribution in [0.5, 0.6) is 5.88 Å². The number of nitrogens with zero attached hydrogens (tertiary/aromatic N) is 5. The van der Waals surface area contributed by atoms with Crippen LogP contribution in [0.4, 0.5) is 23.5 Å². The average Bonchev–Trinajstić information content (AvgIpc) is 3.41. The molecule has 0 aliphatic carbocycles. The Labute approximate surface area is 186 Å². The molecule has 182 valence electrons. The molecular formula is C18H22F4N6O4S. The Hall–Kier alpha value is -2.52. The summed E-state index contributed by atoms with van der Waals surface area (Å²) in [6.45, 7) is 0.0732. The highest BCUT2D eigenvalue weighted by Gasteiger charge is 2.39. The van der Waals surface area contributed by atoms with Gasteiger partial charge in [-0.05, 0) is 6.42 Å². The standard InChI is InChI=1S/C18H22F4N6O4S/c1-27-8-12(6-24-27)33(29,30)28-4-2-15(14(19)9-28)25-17-23-7-13(18(20,21)22)16(26-17)32-11-3-5-31-10-11/h6-8,11,14-15H,2-5,9-10H2,1H3,(H,23,25,26)/t11-,14+,15+/m0/s1. The summed E-state index contributed by atoms with van der Waals surface area (Å²) in [5.41, 5.74) is -1.14. The summed E-state index contributed by atoms with van der Waals surface area (Å²) < 4.78 is 93.0. The molecule has 1 N–H and O–H groups in total. The second-order valence-corrected chi connectivity index (χ2v) is 9.72. The maximum absolute atomic E-state index is 14.9. The van der Waals surface area contributed by atoms with Crippen LogP contribution in [0.2, 0.25) is 0 Å². The SMILES string of the molecule is Cn1cc(S(=O)(=O)N2CC[C@@H](Nc3ncc(C(F)(F)F)c(O[C@H]4CCOC4)n3)[C@H](F)C2)cn1. The Bertz CT molecular complexity index is 1090. The van der Waals surface area contributed by atoms with Crippen molar-refractivity contribution >= 4 is 16.0 Å². The fraction of sp³-hybridized carbons (Fsp3) is 0.611. The molecule has 2 saturated heterocycles. The van der Waals surface area contributed by atoms with Gasteiger partial charge in [-0.15, -0.1) is 0 Å². The quantitative estimate of drug-likeness (QED) is 0.603. The normalized spacial score (nSPS) is 24.7. The van der Waals surface area contributed by atoms with Gasteiger partial charge in [0.15, 0.2) is 0 Å². The van der Waals surface area contributed by atoms with Crippen molar-refractivity contribution in [1.29, 1.82) is 0 Å². The molecule has 0 amide bonds. The summed E-state index contributed by atoms with van der Waals surface area (Å²) in [6, 6.07) is -0.898. The Kier molecular flexibility index (Phi) is 6.46. The van der Waals surface area contributed by atoms with Crippen molar-refractivity contribution in [2.75, 3.05) is 31.6 Å². The van der Waals surface area contributed by atoms with E-state index in [4.69, 9.17) is 9.47 Å². The van der Waals surface area contributed by atoms with E-state index >= 15 is 0 Å². The van der Waals surface area contributed by atoms with Crippen molar-refractivity contribution in [1.82, 2.24) is 24.1 Å². The molecule has 2 fully saturated rings. The minimum absolute atomic E-state index is 0.00127. The van der Waals surface area contributed by atoms with E-state index in [9.17, 15) is 26.0 Å². The number of hydrogen-bond donors (Lipinski definition) is 1. The molecular weight excluding hydrogens is 472 g/mol. The average molecular weight is 494 g/mol. The Morgan fingerprint density at radius 2 is 2.06 bits per heavy atom. The third-order valence-corrected chi connectivity index (χ3v) is 7.18. The van der Waals surface area contributed by atoms with Crippen LogP contribution >= 0.6 is 0 Å². The molecule has 3 atom stereocenters. The summed E-state index contributed by atoms with van der Waals surface area (Å²) in [5.74, 6) is -0.907. The van der Waals surface area contributed by atoms with Gasteiger partial charge in [0.05, 0.1) is 25.5 Å². The predicted molar refractivity (Wildman–Crippen MR) is 106 cm³/mol. The summed E-state index contributed by atoms with van der Waals surface area (Å²) in [6.07, 6.45) is -3.41. The van der Waals surface area contributed by atoms with Crippen molar-refractivity contribution in [2.45, 2.75) is 42.2 Å². The summed E-state index contributed by atoms with van der Waals surface area (Å²) in [5, 5.41) is 6.50. The first-order valence-electron chi connectivity index (χ1n) is 10.1. The van der Waals surface area contributed by atoms with Gasteiger partial charge in [0.2, 0.25) is 21.9 Å². The van der Waals surface area contributed by atoms with Gasteiger partial charge in [0, 0.05) is 39.0 Å². The van der Waals surface area contributed by atoms with Gasteiger partial charge in [-0.25, -0.2) is 17.8 Å². The van der Waals surface area contributed by atoms with E-state index in [1.165, 1.54) is 17.1 Å². The van der Waals surface area contributed by atoms with Crippen LogP contribution in [0.15, 0.2) is 23.5 Å². The highest BCUT2D eigenvalue weighted by Crippen LogP contribution is 2.36. The molecule has 0 unspecified atom stereocenters. The van der Waals surface area contributed by atoms with Crippen LogP contribution in [0.25, 0.3) is 0 Å². The van der Waals surface area contributed by atoms with Gasteiger partial charge in [-0.1, -0.05) is 0 Å². The number of sulfonamides is 1. The first-order valence-corrected chi connectivity index (χ1v) is 11.6. The molecule has 0 aromatic carbocycles. The second-order valence-electron chi connectivity index (χ2n) is 7.78. The lowest BCUT2D eigenvalue weighted by Gasteiger charge is -2.34. The third kappa shape index (κ3) is 5.19. The zero-order valence-corrected chi connectivity index (χ0v) is 18.3. The fourth-order valence-corrected chi connectivity index (χ4v) is 5.04. The van der Waals surface area contributed by atoms with E-state index in [1.807, 2.05) is 0 Å². The number of hydrogen-bond acceptors (Lipinski definition) is 8. The zero-order chi connectivity index (χ0) is 23.8. The monoisotopic (exact) mass is 494 g/mol. The summed E-state index contributed by atoms with van der Waals surface area (Å²) in [7, 11) is -2.35. The molecule has 33 heavy (non-hydrogen) atoms. The largest absolute Gasteiger partial charge is 0.471 e. The molecule has 4 rings (SSSR count). The Morgan fingerprint density at radius 3 is 2.67 bits per heavy atom. The van der Waals surface area contributed by atoms with E-state index in [1.54, 1.807) is 7.05 Å². The number of aromatic nitrogens is 4. The van der Waals surface area contributed by atoms with Crippen LogP contribution in [0, 0.1) is 0 Å². The van der Waals surface area contributed by atoms with E-state index in [0.29, 0.717) is 19.2 Å². The van der Waals surface area contributed by atoms with E-state index in [2.05, 4.69) is 20.4 Å². The first-order chi connectivity index (χ1) is 15.5. The summed E-state index contributed by atoms with van der Waals surface area (Å²) >= 11 is 0. The van der Waals surface area contributed by atoms with E-state index < -0.39 is 52.5 Å². The van der Waals surface area contributed by atoms with Crippen LogP contribution in [-0.2, 0) is 28.0 Å². The highest BCUT2D eigenvalue weighted by atomic mass is 32.2. The Balaban J connectivity index is 1.46. The molecule has 2 aliphatic rings. The number of nitrogens with one attached hydrogen (secondary N) is 1. The maximum atomic E-state index is 14.9. The number of alkyl halides is 4. The van der Waals surface area contributed by atoms with Gasteiger partial charge in [0.25, 0.3) is 0 Å². The number of piperidine rings is 1. The van der Waals surface area contributed by atoms with Crippen molar-refractivity contribution in [3.05, 3.63) is 24.2 Å².